The molecular formula is C15H16FN5O. The van der Waals surface area contributed by atoms with Crippen molar-refractivity contribution in [3.63, 3.8) is 0 Å². The summed E-state index contributed by atoms with van der Waals surface area (Å²) in [7, 11) is 0. The van der Waals surface area contributed by atoms with Crippen LogP contribution < -0.4 is 11.1 Å². The van der Waals surface area contributed by atoms with Crippen LogP contribution in [0.1, 0.15) is 35.4 Å². The molecule has 0 bridgehead atoms. The molecule has 0 unspecified atom stereocenters. The number of anilines is 1. The second kappa shape index (κ2) is 5.67. The molecule has 0 spiro atoms. The first-order valence-electron chi connectivity index (χ1n) is 7.09. The minimum absolute atomic E-state index is 0.111. The summed E-state index contributed by atoms with van der Waals surface area (Å²) in [6.45, 7) is 0.519. The van der Waals surface area contributed by atoms with Gasteiger partial charge in [0.1, 0.15) is 11.6 Å². The lowest BCUT2D eigenvalue weighted by Crippen LogP contribution is -2.42. The highest BCUT2D eigenvalue weighted by atomic mass is 19.1. The Morgan fingerprint density at radius 3 is 2.68 bits per heavy atom. The van der Waals surface area contributed by atoms with Crippen LogP contribution in [-0.2, 0) is 5.41 Å². The van der Waals surface area contributed by atoms with Gasteiger partial charge < -0.3 is 11.1 Å². The molecule has 114 valence electrons. The minimum atomic E-state index is -0.620. The molecule has 3 N–H and O–H groups in total. The van der Waals surface area contributed by atoms with E-state index in [2.05, 4.69) is 20.5 Å². The Morgan fingerprint density at radius 2 is 2.14 bits per heavy atom. The van der Waals surface area contributed by atoms with Crippen LogP contribution in [0.3, 0.4) is 0 Å². The van der Waals surface area contributed by atoms with Gasteiger partial charge in [-0.15, -0.1) is 10.2 Å². The Balaban J connectivity index is 1.74. The lowest BCUT2D eigenvalue weighted by Gasteiger charge is -2.41. The van der Waals surface area contributed by atoms with E-state index in [9.17, 15) is 9.18 Å². The molecule has 0 saturated heterocycles. The second-order valence-corrected chi connectivity index (χ2v) is 5.49. The van der Waals surface area contributed by atoms with Gasteiger partial charge in [-0.2, -0.15) is 0 Å². The number of carbonyl (C=O) groups is 1. The van der Waals surface area contributed by atoms with E-state index in [4.69, 9.17) is 5.73 Å². The zero-order valence-corrected chi connectivity index (χ0v) is 11.9. The number of nitrogens with two attached hydrogens (primary N) is 1. The average Bonchev–Trinajstić information content (AvgIpc) is 2.48. The number of halogens is 1. The second-order valence-electron chi connectivity index (χ2n) is 5.49. The summed E-state index contributed by atoms with van der Waals surface area (Å²) in [6, 6.07) is 6.16. The standard InChI is InChI=1S/C15H16FN5O/c16-10-3-1-8-18-13(10)15(6-2-7-15)9-19-12-5-4-11(14(17)22)20-21-12/h1,3-5,8H,2,6-7,9H2,(H2,17,22)(H,19,21). The van der Waals surface area contributed by atoms with Crippen LogP contribution in [0.15, 0.2) is 30.5 Å². The van der Waals surface area contributed by atoms with Gasteiger partial charge in [0.15, 0.2) is 5.69 Å². The molecule has 1 saturated carbocycles. The summed E-state index contributed by atoms with van der Waals surface area (Å²) < 4.78 is 14.0. The Kier molecular flexibility index (Phi) is 3.70. The first-order chi connectivity index (χ1) is 10.6. The van der Waals surface area contributed by atoms with Crippen molar-refractivity contribution in [2.75, 3.05) is 11.9 Å². The van der Waals surface area contributed by atoms with Crippen molar-refractivity contribution >= 4 is 11.7 Å². The van der Waals surface area contributed by atoms with Crippen LogP contribution >= 0.6 is 0 Å². The van der Waals surface area contributed by atoms with Gasteiger partial charge in [0.05, 0.1) is 5.69 Å². The maximum Gasteiger partial charge on any atom is 0.269 e. The molecule has 7 heteroatoms. The highest BCUT2D eigenvalue weighted by molar-refractivity contribution is 5.90. The maximum atomic E-state index is 14.0. The molecule has 2 aromatic heterocycles. The normalized spacial score (nSPS) is 15.9. The summed E-state index contributed by atoms with van der Waals surface area (Å²) in [5.74, 6) is -0.378. The first-order valence-corrected chi connectivity index (χ1v) is 7.09. The number of aromatic nitrogens is 3. The van der Waals surface area contributed by atoms with E-state index in [0.717, 1.165) is 19.3 Å². The summed E-state index contributed by atoms with van der Waals surface area (Å²) >= 11 is 0. The van der Waals surface area contributed by atoms with E-state index in [1.54, 1.807) is 18.3 Å². The molecule has 2 heterocycles. The van der Waals surface area contributed by atoms with E-state index in [-0.39, 0.29) is 16.9 Å². The molecule has 1 aliphatic carbocycles. The molecule has 6 nitrogen and oxygen atoms in total. The van der Waals surface area contributed by atoms with Gasteiger partial charge in [0.2, 0.25) is 0 Å². The lowest BCUT2D eigenvalue weighted by molar-refractivity contribution is 0.0994. The molecule has 0 radical (unpaired) electrons. The molecule has 3 rings (SSSR count). The van der Waals surface area contributed by atoms with E-state index >= 15 is 0 Å². The number of nitrogens with one attached hydrogen (secondary N) is 1. The molecule has 1 aliphatic rings. The summed E-state index contributed by atoms with van der Waals surface area (Å²) in [5.41, 5.74) is 5.42. The first kappa shape index (κ1) is 14.4. The molecule has 1 amide bonds. The van der Waals surface area contributed by atoms with E-state index in [1.807, 2.05) is 0 Å². The predicted octanol–water partition coefficient (Wildman–Crippen LogP) is 1.64. The molecule has 22 heavy (non-hydrogen) atoms. The van der Waals surface area contributed by atoms with Gasteiger partial charge >= 0.3 is 0 Å². The monoisotopic (exact) mass is 301 g/mol. The summed E-state index contributed by atoms with van der Waals surface area (Å²) in [5, 5.41) is 10.8. The largest absolute Gasteiger partial charge is 0.368 e. The molecular weight excluding hydrogens is 285 g/mol. The van der Waals surface area contributed by atoms with Crippen molar-refractivity contribution in [1.82, 2.24) is 15.2 Å². The smallest absolute Gasteiger partial charge is 0.269 e. The Hall–Kier alpha value is -2.57. The van der Waals surface area contributed by atoms with Crippen molar-refractivity contribution in [2.24, 2.45) is 5.73 Å². The van der Waals surface area contributed by atoms with Gasteiger partial charge in [0.25, 0.3) is 5.91 Å². The molecule has 0 aliphatic heterocycles. The number of amides is 1. The number of pyridine rings is 1. The number of nitrogens with zero attached hydrogens (tertiary/aromatic N) is 3. The van der Waals surface area contributed by atoms with Gasteiger partial charge in [-0.1, -0.05) is 6.42 Å². The highest BCUT2D eigenvalue weighted by Crippen LogP contribution is 2.43. The van der Waals surface area contributed by atoms with Crippen molar-refractivity contribution in [2.45, 2.75) is 24.7 Å². The van der Waals surface area contributed by atoms with Gasteiger partial charge in [-0.25, -0.2) is 4.39 Å². The fraction of sp³-hybridized carbons (Fsp3) is 0.333. The fourth-order valence-corrected chi connectivity index (χ4v) is 2.69. The highest BCUT2D eigenvalue weighted by Gasteiger charge is 2.41. The van der Waals surface area contributed by atoms with E-state index in [0.29, 0.717) is 18.1 Å². The zero-order chi connectivity index (χ0) is 15.6. The van der Waals surface area contributed by atoms with Gasteiger partial charge in [0, 0.05) is 18.2 Å². The van der Waals surface area contributed by atoms with Crippen LogP contribution in [0.5, 0.6) is 0 Å². The lowest BCUT2D eigenvalue weighted by atomic mass is 9.66. The zero-order valence-electron chi connectivity index (χ0n) is 11.9. The van der Waals surface area contributed by atoms with Crippen molar-refractivity contribution in [3.8, 4) is 0 Å². The third kappa shape index (κ3) is 2.61. The quantitative estimate of drug-likeness (QED) is 0.875. The number of rotatable bonds is 5. The Morgan fingerprint density at radius 1 is 1.32 bits per heavy atom. The summed E-state index contributed by atoms with van der Waals surface area (Å²) in [6.07, 6.45) is 4.41. The SMILES string of the molecule is NC(=O)c1ccc(NCC2(c3ncccc3F)CCC2)nn1. The Bertz CT molecular complexity index is 685. The van der Waals surface area contributed by atoms with Gasteiger partial charge in [-0.05, 0) is 37.1 Å². The molecule has 0 aromatic carbocycles. The van der Waals surface area contributed by atoms with E-state index in [1.165, 1.54) is 12.1 Å². The molecule has 2 aromatic rings. The van der Waals surface area contributed by atoms with Crippen LogP contribution in [0, 0.1) is 5.82 Å². The van der Waals surface area contributed by atoms with Crippen LogP contribution in [-0.4, -0.2) is 27.6 Å². The summed E-state index contributed by atoms with van der Waals surface area (Å²) in [4.78, 5) is 15.2. The van der Waals surface area contributed by atoms with Crippen molar-refractivity contribution in [1.29, 1.82) is 0 Å². The average molecular weight is 301 g/mol. The minimum Gasteiger partial charge on any atom is -0.368 e. The van der Waals surface area contributed by atoms with Crippen LogP contribution in [0.4, 0.5) is 10.2 Å². The van der Waals surface area contributed by atoms with Crippen molar-refractivity contribution in [3.05, 3.63) is 47.7 Å². The third-order valence-electron chi connectivity index (χ3n) is 4.10. The van der Waals surface area contributed by atoms with Crippen LogP contribution in [0.25, 0.3) is 0 Å². The molecule has 1 fully saturated rings. The number of hydrogen-bond donors (Lipinski definition) is 2. The third-order valence-corrected chi connectivity index (χ3v) is 4.10. The fourth-order valence-electron chi connectivity index (χ4n) is 2.69. The number of hydrogen-bond acceptors (Lipinski definition) is 5. The topological polar surface area (TPSA) is 93.8 Å². The van der Waals surface area contributed by atoms with Crippen molar-refractivity contribution < 1.29 is 9.18 Å². The maximum absolute atomic E-state index is 14.0. The number of primary amides is 1. The predicted molar refractivity (Wildman–Crippen MR) is 78.8 cm³/mol. The Labute approximate surface area is 127 Å². The number of carbonyl (C=O) groups excluding carboxylic acids is 1. The van der Waals surface area contributed by atoms with E-state index < -0.39 is 5.91 Å². The van der Waals surface area contributed by atoms with Gasteiger partial charge in [-0.3, -0.25) is 9.78 Å². The molecule has 0 atom stereocenters. The van der Waals surface area contributed by atoms with Crippen LogP contribution in [0.2, 0.25) is 0 Å².